The second kappa shape index (κ2) is 9.50. The number of ether oxygens (including phenoxy) is 1. The highest BCUT2D eigenvalue weighted by Crippen LogP contribution is 2.35. The van der Waals surface area contributed by atoms with Gasteiger partial charge in [-0.05, 0) is 57.0 Å². The van der Waals surface area contributed by atoms with Gasteiger partial charge in [-0.2, -0.15) is 0 Å². The van der Waals surface area contributed by atoms with Crippen molar-refractivity contribution in [1.29, 1.82) is 0 Å². The van der Waals surface area contributed by atoms with E-state index in [2.05, 4.69) is 10.2 Å². The quantitative estimate of drug-likeness (QED) is 0.758. The number of halogens is 1. The molecule has 1 aromatic carbocycles. The number of hydrogen-bond acceptors (Lipinski definition) is 4. The lowest BCUT2D eigenvalue weighted by molar-refractivity contribution is 0.0707. The molecule has 1 aromatic heterocycles. The normalized spacial score (nSPS) is 23.5. The number of pyridine rings is 1. The van der Waals surface area contributed by atoms with Crippen LogP contribution in [0.4, 0.5) is 0 Å². The van der Waals surface area contributed by atoms with E-state index < -0.39 is 0 Å². The Morgan fingerprint density at radius 3 is 2.50 bits per heavy atom. The Kier molecular flexibility index (Phi) is 7.22. The Bertz CT molecular complexity index is 944. The Balaban J connectivity index is 0.00000256. The monoisotopic (exact) mass is 433 g/mol. The van der Waals surface area contributed by atoms with Crippen molar-refractivity contribution in [3.63, 3.8) is 0 Å². The lowest BCUT2D eigenvalue weighted by atomic mass is 9.97. The number of piperidine rings is 1. The highest BCUT2D eigenvalue weighted by atomic mass is 35.5. The summed E-state index contributed by atoms with van der Waals surface area (Å²) in [6.45, 7) is 5.65. The molecule has 6 nitrogen and oxygen atoms in total. The van der Waals surface area contributed by atoms with Gasteiger partial charge in [0, 0.05) is 37.8 Å². The van der Waals surface area contributed by atoms with Crippen LogP contribution in [-0.4, -0.2) is 53.8 Å². The van der Waals surface area contributed by atoms with Crippen molar-refractivity contribution >= 4 is 29.2 Å². The summed E-state index contributed by atoms with van der Waals surface area (Å²) in [5.74, 6) is -0.245. The molecule has 0 radical (unpaired) electrons. The number of aromatic nitrogens is 1. The summed E-state index contributed by atoms with van der Waals surface area (Å²) in [4.78, 5) is 28.7. The van der Waals surface area contributed by atoms with E-state index in [4.69, 9.17) is 4.74 Å². The first-order chi connectivity index (χ1) is 14.0. The van der Waals surface area contributed by atoms with Crippen LogP contribution >= 0.6 is 12.4 Å². The van der Waals surface area contributed by atoms with E-state index in [1.54, 1.807) is 17.7 Å². The summed E-state index contributed by atoms with van der Waals surface area (Å²) in [7, 11) is 1.74. The molecular formula is C23H32ClN3O3. The van der Waals surface area contributed by atoms with Gasteiger partial charge in [0.2, 0.25) is 0 Å². The van der Waals surface area contributed by atoms with Crippen molar-refractivity contribution in [2.24, 2.45) is 0 Å². The maximum Gasteiger partial charge on any atom is 0.264 e. The number of carbonyl (C=O) groups is 1. The number of nitrogens with zero attached hydrogens (tertiary/aromatic N) is 2. The zero-order valence-corrected chi connectivity index (χ0v) is 18.8. The molecule has 1 N–H and O–H groups in total. The van der Waals surface area contributed by atoms with Gasteiger partial charge in [0.05, 0.1) is 12.1 Å². The zero-order chi connectivity index (χ0) is 20.5. The van der Waals surface area contributed by atoms with E-state index in [9.17, 15) is 9.59 Å². The molecule has 2 aliphatic rings. The van der Waals surface area contributed by atoms with Crippen LogP contribution in [0.1, 0.15) is 55.9 Å². The topological polar surface area (TPSA) is 63.6 Å². The van der Waals surface area contributed by atoms with Gasteiger partial charge in [-0.25, -0.2) is 0 Å². The number of methoxy groups -OCH3 is 1. The summed E-state index contributed by atoms with van der Waals surface area (Å²) in [6.07, 6.45) is 4.24. The van der Waals surface area contributed by atoms with Crippen LogP contribution in [0.25, 0.3) is 10.9 Å². The molecule has 2 aliphatic heterocycles. The highest BCUT2D eigenvalue weighted by Gasteiger charge is 2.40. The number of benzene rings is 1. The minimum absolute atomic E-state index is 0. The molecule has 4 rings (SSSR count). The van der Waals surface area contributed by atoms with E-state index in [-0.39, 0.29) is 41.5 Å². The van der Waals surface area contributed by atoms with Crippen molar-refractivity contribution in [2.45, 2.75) is 63.7 Å². The predicted octanol–water partition coefficient (Wildman–Crippen LogP) is 3.38. The summed E-state index contributed by atoms with van der Waals surface area (Å²) in [6, 6.07) is 10.6. The maximum absolute atomic E-state index is 13.1. The summed E-state index contributed by atoms with van der Waals surface area (Å²) < 4.78 is 6.97. The average Bonchev–Trinajstić information content (AvgIpc) is 2.93. The first-order valence-electron chi connectivity index (χ1n) is 10.7. The molecule has 1 amide bonds. The summed E-state index contributed by atoms with van der Waals surface area (Å²) in [5, 5.41) is 4.09. The van der Waals surface area contributed by atoms with Crippen molar-refractivity contribution < 1.29 is 9.53 Å². The minimum Gasteiger partial charge on any atom is -0.383 e. The lowest BCUT2D eigenvalue weighted by Gasteiger charge is -2.39. The largest absolute Gasteiger partial charge is 0.383 e. The van der Waals surface area contributed by atoms with E-state index in [0.29, 0.717) is 12.1 Å². The Labute approximate surface area is 184 Å². The van der Waals surface area contributed by atoms with Crippen LogP contribution < -0.4 is 10.9 Å². The van der Waals surface area contributed by atoms with Crippen molar-refractivity contribution in [3.8, 4) is 0 Å². The Morgan fingerprint density at radius 1 is 1.20 bits per heavy atom. The zero-order valence-electron chi connectivity index (χ0n) is 18.0. The number of rotatable bonds is 6. The van der Waals surface area contributed by atoms with Gasteiger partial charge >= 0.3 is 0 Å². The first kappa shape index (κ1) is 22.8. The summed E-state index contributed by atoms with van der Waals surface area (Å²) >= 11 is 0. The number of nitrogens with one attached hydrogen (secondary N) is 1. The molecule has 0 saturated carbocycles. The van der Waals surface area contributed by atoms with E-state index >= 15 is 0 Å². The number of fused-ring (bicyclic) bond motifs is 3. The van der Waals surface area contributed by atoms with Crippen molar-refractivity contribution in [1.82, 2.24) is 14.8 Å². The number of amides is 1. The fourth-order valence-electron chi connectivity index (χ4n) is 5.18. The van der Waals surface area contributed by atoms with Crippen LogP contribution in [-0.2, 0) is 4.74 Å². The average molecular weight is 434 g/mol. The second-order valence-electron chi connectivity index (χ2n) is 8.64. The van der Waals surface area contributed by atoms with E-state index in [0.717, 1.165) is 36.9 Å². The van der Waals surface area contributed by atoms with Gasteiger partial charge in [-0.3, -0.25) is 14.5 Å². The van der Waals surface area contributed by atoms with Crippen molar-refractivity contribution in [3.05, 3.63) is 46.2 Å². The van der Waals surface area contributed by atoms with Gasteiger partial charge in [-0.15, -0.1) is 12.4 Å². The van der Waals surface area contributed by atoms with Gasteiger partial charge in [-0.1, -0.05) is 18.2 Å². The van der Waals surface area contributed by atoms with Crippen LogP contribution in [0.15, 0.2) is 35.1 Å². The fraction of sp³-hybridized carbons (Fsp3) is 0.565. The predicted molar refractivity (Wildman–Crippen MR) is 122 cm³/mol. The molecule has 164 valence electrons. The molecule has 7 heteroatoms. The third-order valence-corrected chi connectivity index (χ3v) is 6.48. The molecule has 30 heavy (non-hydrogen) atoms. The maximum atomic E-state index is 13.1. The van der Waals surface area contributed by atoms with Crippen LogP contribution in [0.3, 0.4) is 0 Å². The number of para-hydroxylation sites is 1. The van der Waals surface area contributed by atoms with Crippen LogP contribution in [0.2, 0.25) is 0 Å². The molecule has 2 saturated heterocycles. The molecule has 3 heterocycles. The van der Waals surface area contributed by atoms with E-state index in [1.807, 2.05) is 38.1 Å². The second-order valence-corrected chi connectivity index (χ2v) is 8.64. The third kappa shape index (κ3) is 4.27. The molecule has 2 bridgehead atoms. The Morgan fingerprint density at radius 2 is 1.87 bits per heavy atom. The summed E-state index contributed by atoms with van der Waals surface area (Å²) in [5.41, 5.74) is 0.900. The molecule has 2 fully saturated rings. The van der Waals surface area contributed by atoms with Crippen molar-refractivity contribution in [2.75, 3.05) is 20.3 Å². The Hall–Kier alpha value is -1.89. The number of carbonyl (C=O) groups excluding carboxylic acids is 1. The third-order valence-electron chi connectivity index (χ3n) is 6.48. The van der Waals surface area contributed by atoms with E-state index in [1.165, 1.54) is 12.8 Å². The van der Waals surface area contributed by atoms with Gasteiger partial charge in [0.25, 0.3) is 11.5 Å². The van der Waals surface area contributed by atoms with Crippen LogP contribution in [0.5, 0.6) is 0 Å². The first-order valence-corrected chi connectivity index (χ1v) is 10.7. The number of hydrogen-bond donors (Lipinski definition) is 1. The minimum atomic E-state index is -0.245. The molecule has 0 spiro atoms. The van der Waals surface area contributed by atoms with Gasteiger partial charge in [0.15, 0.2) is 0 Å². The fourth-order valence-corrected chi connectivity index (χ4v) is 5.18. The molecular weight excluding hydrogens is 402 g/mol. The highest BCUT2D eigenvalue weighted by molar-refractivity contribution is 5.97. The molecule has 0 aliphatic carbocycles. The SMILES string of the molecule is COCCN1C2CCC1CC(NC(=O)c1cc3ccccc3n(C(C)C)c1=O)C2.Cl. The molecule has 2 unspecified atom stereocenters. The molecule has 2 atom stereocenters. The van der Waals surface area contributed by atoms with Crippen LogP contribution in [0, 0.1) is 0 Å². The van der Waals surface area contributed by atoms with Gasteiger partial charge < -0.3 is 14.6 Å². The lowest BCUT2D eigenvalue weighted by Crippen LogP contribution is -2.51. The smallest absolute Gasteiger partial charge is 0.264 e. The standard InChI is InChI=1S/C23H31N3O3.ClH/c1-15(2)26-21-7-5-4-6-16(21)12-20(23(26)28)22(27)24-17-13-18-8-9-19(14-17)25(18)10-11-29-3;/h4-7,12,15,17-19H,8-11,13-14H2,1-3H3,(H,24,27);1H. The molecule has 2 aromatic rings. The van der Waals surface area contributed by atoms with Gasteiger partial charge in [0.1, 0.15) is 5.56 Å².